The van der Waals surface area contributed by atoms with Gasteiger partial charge < -0.3 is 5.32 Å². The maximum atomic E-state index is 13.2. The Kier molecular flexibility index (Phi) is 6.57. The van der Waals surface area contributed by atoms with Crippen LogP contribution in [0.4, 0.5) is 11.4 Å². The molecule has 3 rings (SSSR count). The fraction of sp³-hybridized carbons (Fsp3) is 0.208. The summed E-state index contributed by atoms with van der Waals surface area (Å²) in [7, 11) is -3.61. The van der Waals surface area contributed by atoms with Crippen LogP contribution in [0.25, 0.3) is 0 Å². The highest BCUT2D eigenvalue weighted by molar-refractivity contribution is 7.92. The van der Waals surface area contributed by atoms with Gasteiger partial charge in [-0.25, -0.2) is 8.42 Å². The molecule has 156 valence electrons. The molecule has 3 aromatic rings. The molecule has 30 heavy (non-hydrogen) atoms. The van der Waals surface area contributed by atoms with Crippen molar-refractivity contribution in [2.75, 3.05) is 15.9 Å². The first-order chi connectivity index (χ1) is 14.3. The molecule has 3 aromatic carbocycles. The second-order valence-electron chi connectivity index (χ2n) is 7.47. The lowest BCUT2D eigenvalue weighted by Gasteiger charge is -2.25. The van der Waals surface area contributed by atoms with Crippen LogP contribution in [0.5, 0.6) is 0 Å². The third kappa shape index (κ3) is 5.07. The van der Waals surface area contributed by atoms with Gasteiger partial charge in [0.15, 0.2) is 0 Å². The molecular formula is C24H26N2O3S. The Morgan fingerprint density at radius 2 is 1.50 bits per heavy atom. The van der Waals surface area contributed by atoms with Crippen molar-refractivity contribution in [3.05, 3.63) is 95.6 Å². The number of nitrogens with one attached hydrogen (secondary N) is 1. The summed E-state index contributed by atoms with van der Waals surface area (Å²) in [5, 5.41) is 2.96. The van der Waals surface area contributed by atoms with Crippen molar-refractivity contribution in [2.45, 2.75) is 26.3 Å². The van der Waals surface area contributed by atoms with Crippen LogP contribution in [0.15, 0.2) is 78.9 Å². The lowest BCUT2D eigenvalue weighted by Crippen LogP contribution is -2.31. The molecule has 5 nitrogen and oxygen atoms in total. The minimum Gasteiger partial charge on any atom is -0.322 e. The van der Waals surface area contributed by atoms with Crippen LogP contribution in [0, 0.1) is 0 Å². The summed E-state index contributed by atoms with van der Waals surface area (Å²) in [6.07, 6.45) is 1.15. The third-order valence-electron chi connectivity index (χ3n) is 4.82. The van der Waals surface area contributed by atoms with Crippen LogP contribution >= 0.6 is 0 Å². The average molecular weight is 423 g/mol. The summed E-state index contributed by atoms with van der Waals surface area (Å²) in [4.78, 5) is 13.2. The third-order valence-corrected chi connectivity index (χ3v) is 5.94. The number of rotatable bonds is 7. The average Bonchev–Trinajstić information content (AvgIpc) is 2.72. The minimum absolute atomic E-state index is 0.145. The van der Waals surface area contributed by atoms with Gasteiger partial charge in [0.2, 0.25) is 10.0 Å². The Hall–Kier alpha value is -3.12. The van der Waals surface area contributed by atoms with E-state index in [2.05, 4.69) is 19.2 Å². The number of nitrogens with zero attached hydrogens (tertiary/aromatic N) is 1. The fourth-order valence-corrected chi connectivity index (χ4v) is 4.22. The number of sulfonamides is 1. The van der Waals surface area contributed by atoms with E-state index in [1.165, 1.54) is 4.31 Å². The standard InChI is InChI=1S/C24H26N2O3S/c1-18(2)20-13-7-9-15-22(20)25-24(27)21-14-8-10-16-23(21)26(30(3,28)29)17-19-11-5-4-6-12-19/h4-16,18H,17H2,1-3H3,(H,25,27). The molecule has 1 N–H and O–H groups in total. The summed E-state index contributed by atoms with van der Waals surface area (Å²) in [5.74, 6) is -0.109. The molecule has 0 bridgehead atoms. The van der Waals surface area contributed by atoms with E-state index >= 15 is 0 Å². The van der Waals surface area contributed by atoms with Crippen LogP contribution in [0.3, 0.4) is 0 Å². The molecule has 0 unspecified atom stereocenters. The molecule has 0 spiro atoms. The first kappa shape index (κ1) is 21.6. The van der Waals surface area contributed by atoms with Crippen LogP contribution in [0.1, 0.15) is 41.3 Å². The maximum absolute atomic E-state index is 13.2. The zero-order chi connectivity index (χ0) is 21.7. The van der Waals surface area contributed by atoms with Gasteiger partial charge in [0.25, 0.3) is 5.91 Å². The van der Waals surface area contributed by atoms with E-state index in [0.29, 0.717) is 11.3 Å². The topological polar surface area (TPSA) is 66.5 Å². The van der Waals surface area contributed by atoms with Crippen molar-refractivity contribution in [2.24, 2.45) is 0 Å². The minimum atomic E-state index is -3.61. The van der Waals surface area contributed by atoms with Crippen molar-refractivity contribution >= 4 is 27.3 Å². The number of carbonyl (C=O) groups excluding carboxylic acids is 1. The molecule has 0 aliphatic rings. The molecular weight excluding hydrogens is 396 g/mol. The Labute approximate surface area is 178 Å². The predicted octanol–water partition coefficient (Wildman–Crippen LogP) is 5.03. The molecule has 0 saturated carbocycles. The van der Waals surface area contributed by atoms with Crippen molar-refractivity contribution in [3.8, 4) is 0 Å². The largest absolute Gasteiger partial charge is 0.322 e. The van der Waals surface area contributed by atoms with E-state index in [-0.39, 0.29) is 18.4 Å². The molecule has 0 fully saturated rings. The van der Waals surface area contributed by atoms with E-state index in [0.717, 1.165) is 23.1 Å². The zero-order valence-corrected chi connectivity index (χ0v) is 18.2. The van der Waals surface area contributed by atoms with Crippen molar-refractivity contribution in [3.63, 3.8) is 0 Å². The Morgan fingerprint density at radius 3 is 2.17 bits per heavy atom. The molecule has 6 heteroatoms. The second-order valence-corrected chi connectivity index (χ2v) is 9.38. The summed E-state index contributed by atoms with van der Waals surface area (Å²) < 4.78 is 26.5. The zero-order valence-electron chi connectivity index (χ0n) is 17.4. The first-order valence-electron chi connectivity index (χ1n) is 9.78. The molecule has 0 atom stereocenters. The van der Waals surface area contributed by atoms with Gasteiger partial charge in [0, 0.05) is 5.69 Å². The summed E-state index contributed by atoms with van der Waals surface area (Å²) in [5.41, 5.74) is 3.23. The van der Waals surface area contributed by atoms with Crippen LogP contribution in [0.2, 0.25) is 0 Å². The molecule has 0 radical (unpaired) electrons. The highest BCUT2D eigenvalue weighted by Crippen LogP contribution is 2.28. The summed E-state index contributed by atoms with van der Waals surface area (Å²) in [6, 6.07) is 23.7. The second kappa shape index (κ2) is 9.13. The van der Waals surface area contributed by atoms with E-state index in [4.69, 9.17) is 0 Å². The monoisotopic (exact) mass is 422 g/mol. The van der Waals surface area contributed by atoms with E-state index < -0.39 is 10.0 Å². The Morgan fingerprint density at radius 1 is 0.900 bits per heavy atom. The molecule has 0 aliphatic carbocycles. The van der Waals surface area contributed by atoms with Crippen molar-refractivity contribution < 1.29 is 13.2 Å². The number of anilines is 2. The lowest BCUT2D eigenvalue weighted by atomic mass is 10.0. The van der Waals surface area contributed by atoms with Gasteiger partial charge in [-0.2, -0.15) is 0 Å². The normalized spacial score (nSPS) is 11.3. The van der Waals surface area contributed by atoms with Crippen LogP contribution in [-0.2, 0) is 16.6 Å². The summed E-state index contributed by atoms with van der Waals surface area (Å²) >= 11 is 0. The number of hydrogen-bond acceptors (Lipinski definition) is 3. The number of carbonyl (C=O) groups is 1. The van der Waals surface area contributed by atoms with Gasteiger partial charge in [-0.3, -0.25) is 9.10 Å². The predicted molar refractivity (Wildman–Crippen MR) is 122 cm³/mol. The lowest BCUT2D eigenvalue weighted by molar-refractivity contribution is 0.102. The van der Waals surface area contributed by atoms with E-state index in [1.807, 2.05) is 54.6 Å². The molecule has 0 saturated heterocycles. The molecule has 0 heterocycles. The van der Waals surface area contributed by atoms with Gasteiger partial charge in [-0.1, -0.05) is 74.5 Å². The summed E-state index contributed by atoms with van der Waals surface area (Å²) in [6.45, 7) is 4.26. The van der Waals surface area contributed by atoms with Crippen LogP contribution in [-0.4, -0.2) is 20.6 Å². The number of para-hydroxylation sites is 2. The highest BCUT2D eigenvalue weighted by Gasteiger charge is 2.24. The van der Waals surface area contributed by atoms with Crippen molar-refractivity contribution in [1.29, 1.82) is 0 Å². The highest BCUT2D eigenvalue weighted by atomic mass is 32.2. The van der Waals surface area contributed by atoms with Crippen LogP contribution < -0.4 is 9.62 Å². The van der Waals surface area contributed by atoms with Gasteiger partial charge in [0.1, 0.15) is 0 Å². The SMILES string of the molecule is CC(C)c1ccccc1NC(=O)c1ccccc1N(Cc1ccccc1)S(C)(=O)=O. The number of hydrogen-bond donors (Lipinski definition) is 1. The fourth-order valence-electron chi connectivity index (χ4n) is 3.32. The number of benzene rings is 3. The van der Waals surface area contributed by atoms with Gasteiger partial charge in [-0.15, -0.1) is 0 Å². The van der Waals surface area contributed by atoms with E-state index in [9.17, 15) is 13.2 Å². The van der Waals surface area contributed by atoms with Gasteiger partial charge >= 0.3 is 0 Å². The van der Waals surface area contributed by atoms with E-state index in [1.54, 1.807) is 24.3 Å². The van der Waals surface area contributed by atoms with Gasteiger partial charge in [-0.05, 0) is 35.2 Å². The van der Waals surface area contributed by atoms with Crippen molar-refractivity contribution in [1.82, 2.24) is 0 Å². The molecule has 0 aromatic heterocycles. The Balaban J connectivity index is 1.99. The first-order valence-corrected chi connectivity index (χ1v) is 11.6. The number of amides is 1. The molecule has 0 aliphatic heterocycles. The Bertz CT molecular complexity index is 1130. The van der Waals surface area contributed by atoms with Gasteiger partial charge in [0.05, 0.1) is 24.1 Å². The quantitative estimate of drug-likeness (QED) is 0.581. The molecule has 1 amide bonds. The maximum Gasteiger partial charge on any atom is 0.257 e. The smallest absolute Gasteiger partial charge is 0.257 e.